The van der Waals surface area contributed by atoms with E-state index in [0.717, 1.165) is 23.5 Å². The minimum absolute atomic E-state index is 0.508. The number of phenolic OH excluding ortho intramolecular Hbond substituents is 1. The molecule has 0 unspecified atom stereocenters. The van der Waals surface area contributed by atoms with Crippen molar-refractivity contribution in [2.45, 2.75) is 59.8 Å². The average molecular weight is 234 g/mol. The first kappa shape index (κ1) is 14.1. The molecule has 17 heavy (non-hydrogen) atoms. The third-order valence-corrected chi connectivity index (χ3v) is 3.51. The number of rotatable bonds is 6. The lowest BCUT2D eigenvalue weighted by Crippen LogP contribution is -1.92. The van der Waals surface area contributed by atoms with E-state index in [2.05, 4.69) is 26.0 Å². The van der Waals surface area contributed by atoms with Gasteiger partial charge in [0.15, 0.2) is 0 Å². The number of aryl methyl sites for hydroxylation is 2. The van der Waals surface area contributed by atoms with Crippen LogP contribution in [0.15, 0.2) is 12.1 Å². The highest BCUT2D eigenvalue weighted by atomic mass is 16.3. The predicted octanol–water partition coefficient (Wildman–Crippen LogP) is 4.77. The Morgan fingerprint density at radius 2 is 1.76 bits per heavy atom. The molecule has 0 aliphatic rings. The van der Waals surface area contributed by atoms with Crippen molar-refractivity contribution in [3.63, 3.8) is 0 Å². The Hall–Kier alpha value is -0.980. The summed E-state index contributed by atoms with van der Waals surface area (Å²) in [6, 6.07) is 4.18. The maximum Gasteiger partial charge on any atom is 0.121 e. The van der Waals surface area contributed by atoms with Gasteiger partial charge in [0.2, 0.25) is 0 Å². The normalized spacial score (nSPS) is 11.1. The topological polar surface area (TPSA) is 20.2 Å². The Kier molecular flexibility index (Phi) is 5.54. The SMILES string of the molecule is Cc1ccc(CCCCCC(C)C)c(O)c1C. The van der Waals surface area contributed by atoms with Crippen LogP contribution in [0.1, 0.15) is 56.2 Å². The molecule has 0 heterocycles. The summed E-state index contributed by atoms with van der Waals surface area (Å²) in [4.78, 5) is 0. The standard InChI is InChI=1S/C16H26O/c1-12(2)8-6-5-7-9-15-11-10-13(3)14(4)16(15)17/h10-12,17H,5-9H2,1-4H3. The summed E-state index contributed by atoms with van der Waals surface area (Å²) in [5.74, 6) is 1.32. The number of benzene rings is 1. The molecule has 0 aromatic heterocycles. The minimum Gasteiger partial charge on any atom is -0.507 e. The van der Waals surface area contributed by atoms with Gasteiger partial charge in [0.25, 0.3) is 0 Å². The van der Waals surface area contributed by atoms with Gasteiger partial charge in [-0.1, -0.05) is 45.2 Å². The van der Waals surface area contributed by atoms with E-state index in [-0.39, 0.29) is 0 Å². The van der Waals surface area contributed by atoms with E-state index in [1.807, 2.05) is 13.8 Å². The van der Waals surface area contributed by atoms with Crippen molar-refractivity contribution in [1.82, 2.24) is 0 Å². The zero-order valence-electron chi connectivity index (χ0n) is 11.7. The molecule has 0 saturated heterocycles. The Morgan fingerprint density at radius 3 is 2.41 bits per heavy atom. The van der Waals surface area contributed by atoms with E-state index in [4.69, 9.17) is 0 Å². The highest BCUT2D eigenvalue weighted by Gasteiger charge is 2.06. The van der Waals surface area contributed by atoms with Crippen LogP contribution in [0.2, 0.25) is 0 Å². The van der Waals surface area contributed by atoms with Gasteiger partial charge in [0, 0.05) is 0 Å². The van der Waals surface area contributed by atoms with Gasteiger partial charge < -0.3 is 5.11 Å². The van der Waals surface area contributed by atoms with E-state index in [1.165, 1.54) is 31.2 Å². The minimum atomic E-state index is 0.508. The summed E-state index contributed by atoms with van der Waals surface area (Å²) in [6.45, 7) is 8.58. The Labute approximate surface area is 106 Å². The van der Waals surface area contributed by atoms with Crippen LogP contribution in [-0.4, -0.2) is 5.11 Å². The molecule has 0 amide bonds. The lowest BCUT2D eigenvalue weighted by molar-refractivity contribution is 0.460. The number of hydrogen-bond acceptors (Lipinski definition) is 1. The summed E-state index contributed by atoms with van der Waals surface area (Å²) in [5.41, 5.74) is 3.31. The molecule has 0 aliphatic heterocycles. The summed E-state index contributed by atoms with van der Waals surface area (Å²) in [6.07, 6.45) is 6.08. The molecule has 0 atom stereocenters. The van der Waals surface area contributed by atoms with Gasteiger partial charge in [0.05, 0.1) is 0 Å². The molecule has 1 aromatic rings. The fourth-order valence-electron chi connectivity index (χ4n) is 2.10. The van der Waals surface area contributed by atoms with Crippen molar-refractivity contribution in [3.05, 3.63) is 28.8 Å². The predicted molar refractivity (Wildman–Crippen MR) is 74.6 cm³/mol. The maximum atomic E-state index is 10.0. The fraction of sp³-hybridized carbons (Fsp3) is 0.625. The van der Waals surface area contributed by atoms with Crippen LogP contribution in [0.3, 0.4) is 0 Å². The molecular weight excluding hydrogens is 208 g/mol. The van der Waals surface area contributed by atoms with Crippen molar-refractivity contribution in [1.29, 1.82) is 0 Å². The van der Waals surface area contributed by atoms with Crippen LogP contribution in [-0.2, 0) is 6.42 Å². The van der Waals surface area contributed by atoms with Crippen molar-refractivity contribution in [3.8, 4) is 5.75 Å². The monoisotopic (exact) mass is 234 g/mol. The summed E-state index contributed by atoms with van der Waals surface area (Å²) < 4.78 is 0. The number of unbranched alkanes of at least 4 members (excludes halogenated alkanes) is 2. The molecule has 0 fully saturated rings. The molecule has 96 valence electrons. The van der Waals surface area contributed by atoms with Crippen LogP contribution < -0.4 is 0 Å². The van der Waals surface area contributed by atoms with Gasteiger partial charge >= 0.3 is 0 Å². The zero-order chi connectivity index (χ0) is 12.8. The maximum absolute atomic E-state index is 10.0. The quantitative estimate of drug-likeness (QED) is 0.703. The highest BCUT2D eigenvalue weighted by molar-refractivity contribution is 5.44. The fourth-order valence-corrected chi connectivity index (χ4v) is 2.10. The summed E-state index contributed by atoms with van der Waals surface area (Å²) in [5, 5.41) is 10.0. The molecule has 1 rings (SSSR count). The Bertz CT molecular complexity index is 353. The first-order chi connectivity index (χ1) is 8.02. The van der Waals surface area contributed by atoms with Crippen LogP contribution in [0.4, 0.5) is 0 Å². The van der Waals surface area contributed by atoms with E-state index >= 15 is 0 Å². The van der Waals surface area contributed by atoms with Crippen LogP contribution >= 0.6 is 0 Å². The first-order valence-electron chi connectivity index (χ1n) is 6.80. The summed E-state index contributed by atoms with van der Waals surface area (Å²) in [7, 11) is 0. The average Bonchev–Trinajstić information content (AvgIpc) is 2.28. The third kappa shape index (κ3) is 4.41. The van der Waals surface area contributed by atoms with Gasteiger partial charge in [-0.2, -0.15) is 0 Å². The highest BCUT2D eigenvalue weighted by Crippen LogP contribution is 2.26. The third-order valence-electron chi connectivity index (χ3n) is 3.51. The van der Waals surface area contributed by atoms with Gasteiger partial charge in [-0.3, -0.25) is 0 Å². The Morgan fingerprint density at radius 1 is 1.06 bits per heavy atom. The first-order valence-corrected chi connectivity index (χ1v) is 6.80. The number of phenols is 1. The van der Waals surface area contributed by atoms with Crippen LogP contribution in [0.25, 0.3) is 0 Å². The Balaban J connectivity index is 2.40. The molecule has 0 bridgehead atoms. The van der Waals surface area contributed by atoms with E-state index in [1.54, 1.807) is 0 Å². The zero-order valence-corrected chi connectivity index (χ0v) is 11.7. The lowest BCUT2D eigenvalue weighted by atomic mass is 9.99. The molecular formula is C16H26O. The lowest BCUT2D eigenvalue weighted by Gasteiger charge is -2.10. The van der Waals surface area contributed by atoms with Crippen molar-refractivity contribution in [2.75, 3.05) is 0 Å². The van der Waals surface area contributed by atoms with Gasteiger partial charge in [-0.05, 0) is 49.3 Å². The van der Waals surface area contributed by atoms with Crippen LogP contribution in [0, 0.1) is 19.8 Å². The molecule has 1 nitrogen and oxygen atoms in total. The molecule has 0 aliphatic carbocycles. The molecule has 1 N–H and O–H groups in total. The van der Waals surface area contributed by atoms with Gasteiger partial charge in [0.1, 0.15) is 5.75 Å². The molecule has 0 saturated carbocycles. The molecule has 1 heteroatoms. The van der Waals surface area contributed by atoms with Gasteiger partial charge in [-0.25, -0.2) is 0 Å². The smallest absolute Gasteiger partial charge is 0.121 e. The second-order valence-electron chi connectivity index (χ2n) is 5.51. The molecule has 0 spiro atoms. The largest absolute Gasteiger partial charge is 0.507 e. The number of aromatic hydroxyl groups is 1. The second-order valence-corrected chi connectivity index (χ2v) is 5.51. The van der Waals surface area contributed by atoms with E-state index in [0.29, 0.717) is 5.75 Å². The van der Waals surface area contributed by atoms with E-state index < -0.39 is 0 Å². The van der Waals surface area contributed by atoms with E-state index in [9.17, 15) is 5.11 Å². The van der Waals surface area contributed by atoms with Crippen molar-refractivity contribution in [2.24, 2.45) is 5.92 Å². The molecule has 0 radical (unpaired) electrons. The summed E-state index contributed by atoms with van der Waals surface area (Å²) >= 11 is 0. The molecule has 1 aromatic carbocycles. The number of hydrogen-bond donors (Lipinski definition) is 1. The van der Waals surface area contributed by atoms with Crippen molar-refractivity contribution >= 4 is 0 Å². The van der Waals surface area contributed by atoms with Crippen molar-refractivity contribution < 1.29 is 5.11 Å². The van der Waals surface area contributed by atoms with Gasteiger partial charge in [-0.15, -0.1) is 0 Å². The van der Waals surface area contributed by atoms with Crippen LogP contribution in [0.5, 0.6) is 5.75 Å². The second kappa shape index (κ2) is 6.68.